The van der Waals surface area contributed by atoms with Gasteiger partial charge in [0.05, 0.1) is 6.54 Å². The van der Waals surface area contributed by atoms with Gasteiger partial charge >= 0.3 is 0 Å². The molecule has 0 saturated carbocycles. The van der Waals surface area contributed by atoms with Gasteiger partial charge in [-0.2, -0.15) is 5.26 Å². The molecular formula is C22H21FN6OS. The maximum absolute atomic E-state index is 14.0. The van der Waals surface area contributed by atoms with Crippen LogP contribution in [0.1, 0.15) is 30.5 Å². The second-order valence-electron chi connectivity index (χ2n) is 7.21. The summed E-state index contributed by atoms with van der Waals surface area (Å²) in [6.07, 6.45) is 6.72. The summed E-state index contributed by atoms with van der Waals surface area (Å²) in [5.74, 6) is -0.854. The number of aromatic nitrogens is 3. The van der Waals surface area contributed by atoms with Crippen LogP contribution in [0.15, 0.2) is 48.2 Å². The third kappa shape index (κ3) is 4.98. The van der Waals surface area contributed by atoms with Gasteiger partial charge in [-0.25, -0.2) is 4.39 Å². The van der Waals surface area contributed by atoms with Gasteiger partial charge in [0.1, 0.15) is 17.5 Å². The number of piperidine rings is 1. The Kier molecular flexibility index (Phi) is 6.38. The molecule has 1 fully saturated rings. The van der Waals surface area contributed by atoms with Crippen molar-refractivity contribution in [2.45, 2.75) is 25.8 Å². The summed E-state index contributed by atoms with van der Waals surface area (Å²) in [4.78, 5) is 14.8. The van der Waals surface area contributed by atoms with Gasteiger partial charge in [0.15, 0.2) is 0 Å². The fraction of sp³-hybridized carbons (Fsp3) is 0.273. The van der Waals surface area contributed by atoms with Crippen LogP contribution in [0.3, 0.4) is 0 Å². The Morgan fingerprint density at radius 2 is 2.00 bits per heavy atom. The quantitative estimate of drug-likeness (QED) is 0.465. The van der Waals surface area contributed by atoms with E-state index in [1.54, 1.807) is 41.1 Å². The summed E-state index contributed by atoms with van der Waals surface area (Å²) in [6.45, 7) is 2.16. The molecule has 1 amide bonds. The molecule has 3 aromatic rings. The maximum atomic E-state index is 14.0. The molecule has 0 radical (unpaired) electrons. The molecule has 3 heterocycles. The standard InChI is InChI=1S/C22H21FN6OS/c23-19-9-3-2-7-16(19)15-29-12-6-8-18(29)13-17(14-24)20(30)25-21-26-27-22(31-21)28-10-4-1-5-11-28/h2-3,6-9,12-13H,1,4-5,10-11,15H2,(H,25,26,30)/b17-13-. The summed E-state index contributed by atoms with van der Waals surface area (Å²) >= 11 is 1.30. The first kappa shape index (κ1) is 20.8. The van der Waals surface area contributed by atoms with Crippen LogP contribution in [0.25, 0.3) is 6.08 Å². The average Bonchev–Trinajstić information content (AvgIpc) is 3.43. The number of halogens is 1. The molecule has 158 valence electrons. The largest absolute Gasteiger partial charge is 0.347 e. The predicted molar refractivity (Wildman–Crippen MR) is 118 cm³/mol. The van der Waals surface area contributed by atoms with Crippen LogP contribution < -0.4 is 10.2 Å². The van der Waals surface area contributed by atoms with E-state index in [9.17, 15) is 14.4 Å². The highest BCUT2D eigenvalue weighted by atomic mass is 32.1. The minimum absolute atomic E-state index is 0.0665. The van der Waals surface area contributed by atoms with E-state index in [4.69, 9.17) is 0 Å². The Labute approximate surface area is 183 Å². The Morgan fingerprint density at radius 1 is 1.19 bits per heavy atom. The van der Waals surface area contributed by atoms with Gasteiger partial charge in [-0.05, 0) is 43.5 Å². The number of rotatable bonds is 6. The fourth-order valence-electron chi connectivity index (χ4n) is 3.45. The van der Waals surface area contributed by atoms with Crippen molar-refractivity contribution in [1.82, 2.24) is 14.8 Å². The molecule has 4 rings (SSSR count). The van der Waals surface area contributed by atoms with Crippen LogP contribution in [0.4, 0.5) is 14.7 Å². The third-order valence-corrected chi connectivity index (χ3v) is 5.98. The molecule has 1 aromatic carbocycles. The van der Waals surface area contributed by atoms with E-state index in [0.29, 0.717) is 22.9 Å². The number of hydrogen-bond acceptors (Lipinski definition) is 6. The highest BCUT2D eigenvalue weighted by Gasteiger charge is 2.18. The van der Waals surface area contributed by atoms with E-state index in [1.807, 2.05) is 6.07 Å². The molecule has 0 spiro atoms. The van der Waals surface area contributed by atoms with E-state index in [0.717, 1.165) is 31.1 Å². The molecule has 1 aliphatic rings. The van der Waals surface area contributed by atoms with Gasteiger partial charge < -0.3 is 9.47 Å². The lowest BCUT2D eigenvalue weighted by Crippen LogP contribution is -2.29. The first-order valence-electron chi connectivity index (χ1n) is 10.0. The van der Waals surface area contributed by atoms with Crippen molar-refractivity contribution in [3.63, 3.8) is 0 Å². The Balaban J connectivity index is 1.47. The number of benzene rings is 1. The number of anilines is 2. The Morgan fingerprint density at radius 3 is 2.77 bits per heavy atom. The van der Waals surface area contributed by atoms with Crippen LogP contribution in [0.5, 0.6) is 0 Å². The van der Waals surface area contributed by atoms with Crippen molar-refractivity contribution in [1.29, 1.82) is 5.26 Å². The summed E-state index contributed by atoms with van der Waals surface area (Å²) in [5.41, 5.74) is 1.08. The topological polar surface area (TPSA) is 86.8 Å². The molecule has 7 nitrogen and oxygen atoms in total. The molecular weight excluding hydrogens is 415 g/mol. The molecule has 0 aliphatic carbocycles. The average molecular weight is 437 g/mol. The molecule has 0 bridgehead atoms. The predicted octanol–water partition coefficient (Wildman–Crippen LogP) is 4.06. The second-order valence-corrected chi connectivity index (χ2v) is 8.17. The highest BCUT2D eigenvalue weighted by Crippen LogP contribution is 2.27. The van der Waals surface area contributed by atoms with E-state index < -0.39 is 5.91 Å². The molecule has 9 heteroatoms. The highest BCUT2D eigenvalue weighted by molar-refractivity contribution is 7.19. The monoisotopic (exact) mass is 436 g/mol. The molecule has 1 aliphatic heterocycles. The Bertz CT molecular complexity index is 1140. The Hall–Kier alpha value is -3.51. The smallest absolute Gasteiger partial charge is 0.268 e. The molecule has 2 aromatic heterocycles. The van der Waals surface area contributed by atoms with Crippen LogP contribution in [-0.2, 0) is 11.3 Å². The number of nitrogens with one attached hydrogen (secondary N) is 1. The molecule has 1 N–H and O–H groups in total. The summed E-state index contributed by atoms with van der Waals surface area (Å²) in [6, 6.07) is 12.0. The SMILES string of the molecule is N#C/C(=C/c1cccn1Cc1ccccc1F)C(=O)Nc1nnc(N2CCCCC2)s1. The fourth-order valence-corrected chi connectivity index (χ4v) is 4.24. The van der Waals surface area contributed by atoms with Gasteiger partial charge in [-0.1, -0.05) is 29.5 Å². The van der Waals surface area contributed by atoms with Gasteiger partial charge in [0.25, 0.3) is 5.91 Å². The molecule has 1 saturated heterocycles. The van der Waals surface area contributed by atoms with Crippen LogP contribution in [0.2, 0.25) is 0 Å². The van der Waals surface area contributed by atoms with Gasteiger partial charge in [-0.15, -0.1) is 10.2 Å². The van der Waals surface area contributed by atoms with Crippen LogP contribution in [0, 0.1) is 17.1 Å². The zero-order chi connectivity index (χ0) is 21.6. The van der Waals surface area contributed by atoms with Crippen molar-refractivity contribution in [2.75, 3.05) is 23.3 Å². The molecule has 31 heavy (non-hydrogen) atoms. The number of carbonyl (C=O) groups is 1. The third-order valence-electron chi connectivity index (χ3n) is 5.08. The van der Waals surface area contributed by atoms with Gasteiger partial charge in [0, 0.05) is 30.5 Å². The van der Waals surface area contributed by atoms with Crippen molar-refractivity contribution in [3.05, 3.63) is 65.2 Å². The zero-order valence-corrected chi connectivity index (χ0v) is 17.6. The lowest BCUT2D eigenvalue weighted by atomic mass is 10.1. The summed E-state index contributed by atoms with van der Waals surface area (Å²) in [7, 11) is 0. The minimum Gasteiger partial charge on any atom is -0.347 e. The number of amides is 1. The van der Waals surface area contributed by atoms with Crippen molar-refractivity contribution < 1.29 is 9.18 Å². The first-order chi connectivity index (χ1) is 15.1. The first-order valence-corrected chi connectivity index (χ1v) is 10.9. The minimum atomic E-state index is -0.553. The van der Waals surface area contributed by atoms with Crippen molar-refractivity contribution in [3.8, 4) is 6.07 Å². The lowest BCUT2D eigenvalue weighted by Gasteiger charge is -2.25. The molecule has 0 atom stereocenters. The number of hydrogen-bond donors (Lipinski definition) is 1. The maximum Gasteiger partial charge on any atom is 0.268 e. The normalized spacial score (nSPS) is 14.3. The van der Waals surface area contributed by atoms with E-state index in [2.05, 4.69) is 20.4 Å². The van der Waals surface area contributed by atoms with Gasteiger partial charge in [-0.3, -0.25) is 10.1 Å². The van der Waals surface area contributed by atoms with Gasteiger partial charge in [0.2, 0.25) is 10.3 Å². The number of nitriles is 1. The zero-order valence-electron chi connectivity index (χ0n) is 16.8. The van der Waals surface area contributed by atoms with E-state index in [1.165, 1.54) is 29.9 Å². The number of carbonyl (C=O) groups excluding carboxylic acids is 1. The number of nitrogens with zero attached hydrogens (tertiary/aromatic N) is 5. The van der Waals surface area contributed by atoms with E-state index in [-0.39, 0.29) is 11.4 Å². The lowest BCUT2D eigenvalue weighted by molar-refractivity contribution is -0.112. The van der Waals surface area contributed by atoms with Crippen molar-refractivity contribution >= 4 is 33.6 Å². The summed E-state index contributed by atoms with van der Waals surface area (Å²) < 4.78 is 15.8. The summed E-state index contributed by atoms with van der Waals surface area (Å²) in [5, 5.41) is 21.5. The van der Waals surface area contributed by atoms with Crippen LogP contribution in [-0.4, -0.2) is 33.8 Å². The van der Waals surface area contributed by atoms with Crippen molar-refractivity contribution in [2.24, 2.45) is 0 Å². The van der Waals surface area contributed by atoms with Crippen LogP contribution >= 0.6 is 11.3 Å². The molecule has 0 unspecified atom stereocenters. The second kappa shape index (κ2) is 9.53. The van der Waals surface area contributed by atoms with E-state index >= 15 is 0 Å².